The normalized spacial score (nSPS) is 15.2. The van der Waals surface area contributed by atoms with Gasteiger partial charge in [-0.25, -0.2) is 0 Å². The van der Waals surface area contributed by atoms with E-state index >= 15 is 0 Å². The third-order valence-corrected chi connectivity index (χ3v) is 5.82. The highest BCUT2D eigenvalue weighted by molar-refractivity contribution is 6.00. The highest BCUT2D eigenvalue weighted by Gasteiger charge is 2.43. The number of nitrogens with zero attached hydrogens (tertiary/aromatic N) is 2. The summed E-state index contributed by atoms with van der Waals surface area (Å²) in [5.41, 5.74) is 4.19. The maximum absolute atomic E-state index is 13.5. The Labute approximate surface area is 191 Å². The van der Waals surface area contributed by atoms with Crippen molar-refractivity contribution in [2.45, 2.75) is 32.9 Å². The molecular formula is C26H25N3O4. The van der Waals surface area contributed by atoms with E-state index in [4.69, 9.17) is 9.15 Å². The monoisotopic (exact) mass is 443 g/mol. The molecular weight excluding hydrogens is 418 g/mol. The van der Waals surface area contributed by atoms with Crippen LogP contribution in [0.4, 0.5) is 0 Å². The number of carbonyl (C=O) groups excluding carboxylic acids is 1. The average molecular weight is 444 g/mol. The highest BCUT2D eigenvalue weighted by Crippen LogP contribution is 2.45. The first-order valence-corrected chi connectivity index (χ1v) is 11.0. The van der Waals surface area contributed by atoms with Crippen LogP contribution in [0.5, 0.6) is 11.5 Å². The number of H-pyrrole nitrogens is 1. The second-order valence-electron chi connectivity index (χ2n) is 8.22. The van der Waals surface area contributed by atoms with Crippen molar-refractivity contribution in [2.24, 2.45) is 0 Å². The molecule has 7 heteroatoms. The lowest BCUT2D eigenvalue weighted by Gasteiger charge is -2.26. The Morgan fingerprint density at radius 3 is 2.85 bits per heavy atom. The topological polar surface area (TPSA) is 91.6 Å². The third kappa shape index (κ3) is 3.75. The van der Waals surface area contributed by atoms with Crippen molar-refractivity contribution < 1.29 is 19.1 Å². The van der Waals surface area contributed by atoms with E-state index in [1.165, 1.54) is 0 Å². The molecule has 0 saturated heterocycles. The molecule has 5 rings (SSSR count). The van der Waals surface area contributed by atoms with Crippen LogP contribution < -0.4 is 4.74 Å². The van der Waals surface area contributed by atoms with Crippen LogP contribution in [0.3, 0.4) is 0 Å². The molecule has 168 valence electrons. The fraction of sp³-hybridized carbons (Fsp3) is 0.231. The van der Waals surface area contributed by atoms with Crippen LogP contribution in [0.2, 0.25) is 0 Å². The van der Waals surface area contributed by atoms with E-state index in [1.54, 1.807) is 23.3 Å². The lowest BCUT2D eigenvalue weighted by molar-refractivity contribution is 0.0716. The van der Waals surface area contributed by atoms with Crippen LogP contribution >= 0.6 is 0 Å². The van der Waals surface area contributed by atoms with Crippen LogP contribution in [-0.4, -0.2) is 32.7 Å². The molecule has 33 heavy (non-hydrogen) atoms. The fourth-order valence-electron chi connectivity index (χ4n) is 4.32. The lowest BCUT2D eigenvalue weighted by atomic mass is 9.95. The number of rotatable bonds is 7. The summed E-state index contributed by atoms with van der Waals surface area (Å²) in [7, 11) is 0. The van der Waals surface area contributed by atoms with Crippen molar-refractivity contribution in [1.82, 2.24) is 15.1 Å². The van der Waals surface area contributed by atoms with Gasteiger partial charge in [-0.15, -0.1) is 0 Å². The summed E-state index contributed by atoms with van der Waals surface area (Å²) in [6.45, 7) is 4.93. The van der Waals surface area contributed by atoms with Gasteiger partial charge in [-0.1, -0.05) is 30.7 Å². The summed E-state index contributed by atoms with van der Waals surface area (Å²) < 4.78 is 11.4. The molecule has 1 aliphatic rings. The number of fused-ring (bicyclic) bond motifs is 1. The number of aromatic hydroxyl groups is 1. The molecule has 0 fully saturated rings. The van der Waals surface area contributed by atoms with Gasteiger partial charge in [-0.05, 0) is 55.3 Å². The van der Waals surface area contributed by atoms with E-state index in [0.717, 1.165) is 28.9 Å². The number of benzene rings is 2. The first kappa shape index (κ1) is 20.9. The molecule has 3 heterocycles. The number of ether oxygens (including phenoxy) is 1. The number of hydrogen-bond donors (Lipinski definition) is 2. The minimum absolute atomic E-state index is 0.116. The number of nitrogens with one attached hydrogen (secondary N) is 1. The van der Waals surface area contributed by atoms with Gasteiger partial charge in [0.1, 0.15) is 28.6 Å². The van der Waals surface area contributed by atoms with Gasteiger partial charge in [0, 0.05) is 11.1 Å². The molecule has 0 aliphatic carbocycles. The van der Waals surface area contributed by atoms with Crippen LogP contribution in [0.1, 0.15) is 52.3 Å². The Kier molecular flexibility index (Phi) is 5.38. The predicted octanol–water partition coefficient (Wildman–Crippen LogP) is 5.22. The number of aromatic nitrogens is 2. The van der Waals surface area contributed by atoms with Crippen LogP contribution in [0.25, 0.3) is 11.3 Å². The Morgan fingerprint density at radius 2 is 2.06 bits per heavy atom. The number of phenolic OH excluding ortho intramolecular Hbond substituents is 1. The van der Waals surface area contributed by atoms with Gasteiger partial charge in [0.25, 0.3) is 5.91 Å². The largest absolute Gasteiger partial charge is 0.507 e. The Morgan fingerprint density at radius 1 is 1.18 bits per heavy atom. The quantitative estimate of drug-likeness (QED) is 0.409. The summed E-state index contributed by atoms with van der Waals surface area (Å²) >= 11 is 0. The molecule has 0 radical (unpaired) electrons. The molecule has 1 atom stereocenters. The molecule has 1 amide bonds. The van der Waals surface area contributed by atoms with Crippen LogP contribution in [0, 0.1) is 6.92 Å². The highest BCUT2D eigenvalue weighted by atomic mass is 16.5. The smallest absolute Gasteiger partial charge is 0.273 e. The summed E-state index contributed by atoms with van der Waals surface area (Å²) in [4.78, 5) is 15.2. The Hall–Kier alpha value is -4.00. The molecule has 7 nitrogen and oxygen atoms in total. The molecule has 4 aromatic rings. The molecule has 1 aliphatic heterocycles. The van der Waals surface area contributed by atoms with Gasteiger partial charge < -0.3 is 19.2 Å². The number of hydrogen-bond acceptors (Lipinski definition) is 5. The molecule has 1 unspecified atom stereocenters. The van der Waals surface area contributed by atoms with Gasteiger partial charge in [0.2, 0.25) is 0 Å². The summed E-state index contributed by atoms with van der Waals surface area (Å²) in [6, 6.07) is 16.4. The van der Waals surface area contributed by atoms with Crippen molar-refractivity contribution in [3.05, 3.63) is 89.0 Å². The molecule has 2 aromatic carbocycles. The maximum Gasteiger partial charge on any atom is 0.273 e. The van der Waals surface area contributed by atoms with Crippen LogP contribution in [0.15, 0.2) is 65.3 Å². The minimum Gasteiger partial charge on any atom is -0.507 e. The van der Waals surface area contributed by atoms with Crippen molar-refractivity contribution in [3.8, 4) is 22.8 Å². The van der Waals surface area contributed by atoms with E-state index in [9.17, 15) is 9.90 Å². The van der Waals surface area contributed by atoms with Gasteiger partial charge in [0.05, 0.1) is 25.5 Å². The second kappa shape index (κ2) is 8.50. The van der Waals surface area contributed by atoms with Crippen molar-refractivity contribution in [3.63, 3.8) is 0 Å². The predicted molar refractivity (Wildman–Crippen MR) is 123 cm³/mol. The molecule has 0 spiro atoms. The number of amides is 1. The Bertz CT molecular complexity index is 1290. The maximum atomic E-state index is 13.5. The van der Waals surface area contributed by atoms with E-state index in [-0.39, 0.29) is 11.7 Å². The van der Waals surface area contributed by atoms with Gasteiger partial charge in [-0.3, -0.25) is 9.89 Å². The third-order valence-electron chi connectivity index (χ3n) is 5.82. The van der Waals surface area contributed by atoms with Crippen molar-refractivity contribution >= 4 is 5.91 Å². The van der Waals surface area contributed by atoms with E-state index in [0.29, 0.717) is 35.9 Å². The number of carbonyl (C=O) groups is 1. The molecule has 2 N–H and O–H groups in total. The van der Waals surface area contributed by atoms with Crippen molar-refractivity contribution in [2.75, 3.05) is 6.61 Å². The first-order valence-electron chi connectivity index (χ1n) is 11.0. The van der Waals surface area contributed by atoms with E-state index in [1.807, 2.05) is 49.4 Å². The van der Waals surface area contributed by atoms with Gasteiger partial charge in [-0.2, -0.15) is 5.10 Å². The SMILES string of the molecule is CCCOc1cccc(C2c3c(-c4cc(C)ccc4O)n[nH]c3C(=O)N2Cc2ccco2)c1. The molecule has 0 saturated carbocycles. The Balaban J connectivity index is 1.65. The standard InChI is InChI=1S/C26H25N3O4/c1-3-11-32-18-7-4-6-17(14-18)25-22-23(20-13-16(2)9-10-21(20)30)27-28-24(22)26(31)29(25)15-19-8-5-12-33-19/h4-10,12-14,25,30H,3,11,15H2,1-2H3,(H,27,28). The lowest BCUT2D eigenvalue weighted by Crippen LogP contribution is -2.29. The number of phenols is 1. The number of furan rings is 1. The van der Waals surface area contributed by atoms with Gasteiger partial charge in [0.15, 0.2) is 0 Å². The average Bonchev–Trinajstić information content (AvgIpc) is 3.54. The second-order valence-corrected chi connectivity index (χ2v) is 8.22. The molecule has 2 aromatic heterocycles. The summed E-state index contributed by atoms with van der Waals surface area (Å²) in [5, 5.41) is 18.0. The molecule has 0 bridgehead atoms. The number of aromatic amines is 1. The fourth-order valence-corrected chi connectivity index (χ4v) is 4.32. The zero-order chi connectivity index (χ0) is 22.9. The van der Waals surface area contributed by atoms with E-state index in [2.05, 4.69) is 17.1 Å². The van der Waals surface area contributed by atoms with Crippen LogP contribution in [-0.2, 0) is 6.54 Å². The summed E-state index contributed by atoms with van der Waals surface area (Å²) in [6.07, 6.45) is 2.50. The zero-order valence-corrected chi connectivity index (χ0v) is 18.5. The van der Waals surface area contributed by atoms with E-state index < -0.39 is 6.04 Å². The number of aryl methyl sites for hydroxylation is 1. The summed E-state index contributed by atoms with van der Waals surface area (Å²) in [5.74, 6) is 1.38. The minimum atomic E-state index is -0.420. The zero-order valence-electron chi connectivity index (χ0n) is 18.5. The van der Waals surface area contributed by atoms with Crippen molar-refractivity contribution in [1.29, 1.82) is 0 Å². The van der Waals surface area contributed by atoms with Gasteiger partial charge >= 0.3 is 0 Å². The first-order chi connectivity index (χ1) is 16.1.